The minimum atomic E-state index is 0.202. The van der Waals surface area contributed by atoms with Gasteiger partial charge >= 0.3 is 0 Å². The second-order valence-electron chi connectivity index (χ2n) is 5.03. The van der Waals surface area contributed by atoms with Crippen molar-refractivity contribution in [2.45, 2.75) is 25.4 Å². The van der Waals surface area contributed by atoms with Gasteiger partial charge in [-0.3, -0.25) is 0 Å². The molecule has 4 heteroatoms. The molecule has 1 heterocycles. The van der Waals surface area contributed by atoms with Gasteiger partial charge in [-0.25, -0.2) is 0 Å². The van der Waals surface area contributed by atoms with Gasteiger partial charge in [0.05, 0.1) is 14.2 Å². The van der Waals surface area contributed by atoms with Crippen LogP contribution in [-0.4, -0.2) is 32.8 Å². The molecular formula is C14H22N2O2. The Bertz CT molecular complexity index is 401. The maximum Gasteiger partial charge on any atom is 0.161 e. The zero-order chi connectivity index (χ0) is 13.0. The minimum Gasteiger partial charge on any atom is -0.493 e. The third-order valence-corrected chi connectivity index (χ3v) is 3.54. The molecule has 2 rings (SSSR count). The highest BCUT2D eigenvalue weighted by molar-refractivity contribution is 5.42. The molecule has 1 fully saturated rings. The van der Waals surface area contributed by atoms with Crippen LogP contribution in [-0.2, 0) is 6.54 Å². The SMILES string of the molecule is COc1ccc(CNC2(C)CCNC2)cc1OC. The molecule has 1 aliphatic rings. The number of hydrogen-bond donors (Lipinski definition) is 2. The number of methoxy groups -OCH3 is 2. The molecule has 2 N–H and O–H groups in total. The third-order valence-electron chi connectivity index (χ3n) is 3.54. The summed E-state index contributed by atoms with van der Waals surface area (Å²) in [6, 6.07) is 6.04. The molecule has 0 aromatic heterocycles. The number of hydrogen-bond acceptors (Lipinski definition) is 4. The Hall–Kier alpha value is -1.26. The van der Waals surface area contributed by atoms with Crippen molar-refractivity contribution in [3.8, 4) is 11.5 Å². The van der Waals surface area contributed by atoms with E-state index < -0.39 is 0 Å². The predicted molar refractivity (Wildman–Crippen MR) is 72.3 cm³/mol. The molecule has 0 saturated carbocycles. The molecule has 18 heavy (non-hydrogen) atoms. The van der Waals surface area contributed by atoms with Crippen LogP contribution in [0.4, 0.5) is 0 Å². The summed E-state index contributed by atoms with van der Waals surface area (Å²) in [6.07, 6.45) is 1.17. The first-order chi connectivity index (χ1) is 8.67. The highest BCUT2D eigenvalue weighted by atomic mass is 16.5. The van der Waals surface area contributed by atoms with Crippen LogP contribution in [0.15, 0.2) is 18.2 Å². The lowest BCUT2D eigenvalue weighted by Gasteiger charge is -2.24. The highest BCUT2D eigenvalue weighted by Gasteiger charge is 2.27. The molecule has 1 unspecified atom stereocenters. The normalized spacial score (nSPS) is 23.1. The molecule has 1 atom stereocenters. The van der Waals surface area contributed by atoms with Gasteiger partial charge in [-0.05, 0) is 37.6 Å². The maximum atomic E-state index is 5.31. The van der Waals surface area contributed by atoms with E-state index in [1.54, 1.807) is 14.2 Å². The van der Waals surface area contributed by atoms with Crippen LogP contribution in [0.2, 0.25) is 0 Å². The quantitative estimate of drug-likeness (QED) is 0.832. The molecule has 1 aliphatic heterocycles. The first-order valence-electron chi connectivity index (χ1n) is 6.33. The van der Waals surface area contributed by atoms with Gasteiger partial charge in [0.15, 0.2) is 11.5 Å². The summed E-state index contributed by atoms with van der Waals surface area (Å²) in [5, 5.41) is 6.99. The summed E-state index contributed by atoms with van der Waals surface area (Å²) in [4.78, 5) is 0. The van der Waals surface area contributed by atoms with Gasteiger partial charge in [0, 0.05) is 18.6 Å². The van der Waals surface area contributed by atoms with Crippen molar-refractivity contribution < 1.29 is 9.47 Å². The molecule has 1 aromatic carbocycles. The van der Waals surface area contributed by atoms with Gasteiger partial charge in [0.25, 0.3) is 0 Å². The number of ether oxygens (including phenoxy) is 2. The standard InChI is InChI=1S/C14H22N2O2/c1-14(6-7-15-10-14)16-9-11-4-5-12(17-2)13(8-11)18-3/h4-5,8,15-16H,6-7,9-10H2,1-3H3. The van der Waals surface area contributed by atoms with Gasteiger partial charge in [-0.2, -0.15) is 0 Å². The first kappa shape index (κ1) is 13.2. The van der Waals surface area contributed by atoms with Crippen molar-refractivity contribution in [3.05, 3.63) is 23.8 Å². The second kappa shape index (κ2) is 5.59. The molecule has 100 valence electrons. The molecule has 1 saturated heterocycles. The smallest absolute Gasteiger partial charge is 0.161 e. The van der Waals surface area contributed by atoms with E-state index >= 15 is 0 Å². The van der Waals surface area contributed by atoms with Gasteiger partial charge < -0.3 is 20.1 Å². The zero-order valence-electron chi connectivity index (χ0n) is 11.4. The molecule has 1 aromatic rings. The summed E-state index contributed by atoms with van der Waals surface area (Å²) in [5.41, 5.74) is 1.41. The first-order valence-corrected chi connectivity index (χ1v) is 6.33. The van der Waals surface area contributed by atoms with Crippen LogP contribution in [0.5, 0.6) is 11.5 Å². The number of nitrogens with one attached hydrogen (secondary N) is 2. The van der Waals surface area contributed by atoms with E-state index in [1.165, 1.54) is 12.0 Å². The number of benzene rings is 1. The van der Waals surface area contributed by atoms with E-state index in [0.717, 1.165) is 31.1 Å². The van der Waals surface area contributed by atoms with E-state index in [0.29, 0.717) is 0 Å². The molecular weight excluding hydrogens is 228 g/mol. The summed E-state index contributed by atoms with van der Waals surface area (Å²) >= 11 is 0. The van der Waals surface area contributed by atoms with Crippen LogP contribution in [0.25, 0.3) is 0 Å². The van der Waals surface area contributed by atoms with E-state index in [1.807, 2.05) is 12.1 Å². The van der Waals surface area contributed by atoms with Crippen LogP contribution in [0.1, 0.15) is 18.9 Å². The van der Waals surface area contributed by atoms with Crippen molar-refractivity contribution in [2.75, 3.05) is 27.3 Å². The third kappa shape index (κ3) is 2.94. The van der Waals surface area contributed by atoms with Gasteiger partial charge in [-0.15, -0.1) is 0 Å². The van der Waals surface area contributed by atoms with E-state index in [4.69, 9.17) is 9.47 Å². The van der Waals surface area contributed by atoms with Crippen molar-refractivity contribution in [2.24, 2.45) is 0 Å². The maximum absolute atomic E-state index is 5.31. The summed E-state index contributed by atoms with van der Waals surface area (Å²) in [7, 11) is 3.32. The molecule has 0 aliphatic carbocycles. The molecule has 0 bridgehead atoms. The van der Waals surface area contributed by atoms with E-state index in [9.17, 15) is 0 Å². The van der Waals surface area contributed by atoms with Crippen molar-refractivity contribution >= 4 is 0 Å². The largest absolute Gasteiger partial charge is 0.493 e. The van der Waals surface area contributed by atoms with Crippen molar-refractivity contribution in [3.63, 3.8) is 0 Å². The fraction of sp³-hybridized carbons (Fsp3) is 0.571. The fourth-order valence-electron chi connectivity index (χ4n) is 2.27. The van der Waals surface area contributed by atoms with Crippen LogP contribution >= 0.6 is 0 Å². The minimum absolute atomic E-state index is 0.202. The Balaban J connectivity index is 2.01. The molecule has 0 amide bonds. The molecule has 0 radical (unpaired) electrons. The lowest BCUT2D eigenvalue weighted by atomic mass is 10.0. The van der Waals surface area contributed by atoms with Crippen molar-refractivity contribution in [1.82, 2.24) is 10.6 Å². The average Bonchev–Trinajstić information content (AvgIpc) is 2.83. The van der Waals surface area contributed by atoms with E-state index in [-0.39, 0.29) is 5.54 Å². The predicted octanol–water partition coefficient (Wildman–Crippen LogP) is 1.55. The molecule has 0 spiro atoms. The van der Waals surface area contributed by atoms with Gasteiger partial charge in [0.2, 0.25) is 0 Å². The van der Waals surface area contributed by atoms with Crippen LogP contribution < -0.4 is 20.1 Å². The Morgan fingerprint density at radius 2 is 2.06 bits per heavy atom. The van der Waals surface area contributed by atoms with E-state index in [2.05, 4.69) is 23.6 Å². The summed E-state index contributed by atoms with van der Waals surface area (Å²) in [6.45, 7) is 5.22. The van der Waals surface area contributed by atoms with Crippen LogP contribution in [0, 0.1) is 0 Å². The van der Waals surface area contributed by atoms with Crippen molar-refractivity contribution in [1.29, 1.82) is 0 Å². The van der Waals surface area contributed by atoms with Gasteiger partial charge in [0.1, 0.15) is 0 Å². The monoisotopic (exact) mass is 250 g/mol. The Kier molecular flexibility index (Phi) is 4.09. The molecule has 4 nitrogen and oxygen atoms in total. The summed E-state index contributed by atoms with van der Waals surface area (Å²) in [5.74, 6) is 1.56. The number of rotatable bonds is 5. The van der Waals surface area contributed by atoms with Crippen LogP contribution in [0.3, 0.4) is 0 Å². The van der Waals surface area contributed by atoms with Gasteiger partial charge in [-0.1, -0.05) is 6.07 Å². The average molecular weight is 250 g/mol. The Morgan fingerprint density at radius 1 is 1.28 bits per heavy atom. The lowest BCUT2D eigenvalue weighted by molar-refractivity contribution is 0.353. The topological polar surface area (TPSA) is 42.5 Å². The highest BCUT2D eigenvalue weighted by Crippen LogP contribution is 2.27. The Morgan fingerprint density at radius 3 is 2.67 bits per heavy atom. The lowest BCUT2D eigenvalue weighted by Crippen LogP contribution is -2.43. The fourth-order valence-corrected chi connectivity index (χ4v) is 2.27. The second-order valence-corrected chi connectivity index (χ2v) is 5.03. The Labute approximate surface area is 109 Å². The summed E-state index contributed by atoms with van der Waals surface area (Å²) < 4.78 is 10.5. The zero-order valence-corrected chi connectivity index (χ0v) is 11.4.